The van der Waals surface area contributed by atoms with E-state index in [0.717, 1.165) is 0 Å². The molecule has 0 saturated heterocycles. The van der Waals surface area contributed by atoms with E-state index in [2.05, 4.69) is 15.0 Å². The smallest absolute Gasteiger partial charge is 0.337 e. The molecule has 2 aromatic rings. The number of fused-ring (bicyclic) bond motifs is 1. The van der Waals surface area contributed by atoms with Crippen LogP contribution in [0.2, 0.25) is 0 Å². The minimum absolute atomic E-state index is 0.117. The molecule has 0 unspecified atom stereocenters. The molecule has 2 heterocycles. The lowest BCUT2D eigenvalue weighted by molar-refractivity contribution is 0.0699. The standard InChI is InChI=1S/C7H6N4O2/c8-7-10-1-3-4(6(12)13)2-9-5(3)11-7/h1-2H,(H,12,13)(H3,8,9,10,11). The number of carboxylic acids is 1. The fourth-order valence-corrected chi connectivity index (χ4v) is 1.10. The maximum Gasteiger partial charge on any atom is 0.337 e. The number of aromatic nitrogens is 3. The minimum atomic E-state index is -1.01. The lowest BCUT2D eigenvalue weighted by Crippen LogP contribution is -1.96. The van der Waals surface area contributed by atoms with Crippen LogP contribution in [0.15, 0.2) is 12.4 Å². The van der Waals surface area contributed by atoms with Crippen molar-refractivity contribution < 1.29 is 9.90 Å². The Balaban J connectivity index is 2.76. The van der Waals surface area contributed by atoms with Crippen molar-refractivity contribution in [1.29, 1.82) is 0 Å². The van der Waals surface area contributed by atoms with Crippen molar-refractivity contribution in [3.8, 4) is 0 Å². The Morgan fingerprint density at radius 2 is 2.38 bits per heavy atom. The van der Waals surface area contributed by atoms with E-state index in [1.807, 2.05) is 0 Å². The quantitative estimate of drug-likeness (QED) is 0.580. The van der Waals surface area contributed by atoms with E-state index < -0.39 is 5.97 Å². The number of nitrogens with two attached hydrogens (primary N) is 1. The Labute approximate surface area is 72.4 Å². The Kier molecular flexibility index (Phi) is 1.42. The highest BCUT2D eigenvalue weighted by Crippen LogP contribution is 2.15. The fourth-order valence-electron chi connectivity index (χ4n) is 1.10. The number of rotatable bonds is 1. The van der Waals surface area contributed by atoms with E-state index in [9.17, 15) is 4.79 Å². The molecule has 0 aliphatic rings. The van der Waals surface area contributed by atoms with Gasteiger partial charge in [0.05, 0.1) is 10.9 Å². The summed E-state index contributed by atoms with van der Waals surface area (Å²) in [5, 5.41) is 9.19. The largest absolute Gasteiger partial charge is 0.478 e. The van der Waals surface area contributed by atoms with Gasteiger partial charge in [0.2, 0.25) is 5.95 Å². The highest BCUT2D eigenvalue weighted by Gasteiger charge is 2.11. The minimum Gasteiger partial charge on any atom is -0.478 e. The van der Waals surface area contributed by atoms with E-state index in [4.69, 9.17) is 10.8 Å². The van der Waals surface area contributed by atoms with E-state index in [1.165, 1.54) is 12.4 Å². The third-order valence-corrected chi connectivity index (χ3v) is 1.68. The SMILES string of the molecule is Nc1ncc2c(C(=O)O)c[nH]c2n1. The van der Waals surface area contributed by atoms with Crippen molar-refractivity contribution in [2.75, 3.05) is 5.73 Å². The lowest BCUT2D eigenvalue weighted by atomic mass is 10.2. The number of carbonyl (C=O) groups is 1. The molecule has 0 aliphatic carbocycles. The van der Waals surface area contributed by atoms with Crippen LogP contribution in [0.3, 0.4) is 0 Å². The first kappa shape index (κ1) is 7.53. The highest BCUT2D eigenvalue weighted by molar-refractivity contribution is 6.01. The number of carboxylic acid groups (broad SMARTS) is 1. The predicted octanol–water partition coefficient (Wildman–Crippen LogP) is 0.238. The van der Waals surface area contributed by atoms with Crippen LogP contribution in [-0.4, -0.2) is 26.0 Å². The molecule has 0 bridgehead atoms. The number of nitrogen functional groups attached to an aromatic ring is 1. The van der Waals surface area contributed by atoms with E-state index in [-0.39, 0.29) is 11.5 Å². The highest BCUT2D eigenvalue weighted by atomic mass is 16.4. The summed E-state index contributed by atoms with van der Waals surface area (Å²) < 4.78 is 0. The fraction of sp³-hybridized carbons (Fsp3) is 0. The van der Waals surface area contributed by atoms with Gasteiger partial charge in [-0.3, -0.25) is 0 Å². The van der Waals surface area contributed by atoms with Crippen molar-refractivity contribution in [2.24, 2.45) is 0 Å². The summed E-state index contributed by atoms with van der Waals surface area (Å²) in [6.07, 6.45) is 2.75. The van der Waals surface area contributed by atoms with Gasteiger partial charge in [0, 0.05) is 12.4 Å². The molecule has 6 heteroatoms. The number of aromatic amines is 1. The zero-order valence-corrected chi connectivity index (χ0v) is 6.48. The third kappa shape index (κ3) is 1.08. The molecule has 0 fully saturated rings. The van der Waals surface area contributed by atoms with Gasteiger partial charge >= 0.3 is 5.97 Å². The number of H-pyrrole nitrogens is 1. The molecule has 0 saturated carbocycles. The monoisotopic (exact) mass is 178 g/mol. The maximum absolute atomic E-state index is 10.7. The number of hydrogen-bond donors (Lipinski definition) is 3. The molecule has 0 atom stereocenters. The average molecular weight is 178 g/mol. The second kappa shape index (κ2) is 2.44. The topological polar surface area (TPSA) is 105 Å². The number of nitrogens with one attached hydrogen (secondary N) is 1. The van der Waals surface area contributed by atoms with Crippen LogP contribution in [0.4, 0.5) is 5.95 Å². The Bertz CT molecular complexity index is 476. The summed E-state index contributed by atoms with van der Waals surface area (Å²) in [5.41, 5.74) is 5.90. The van der Waals surface area contributed by atoms with Gasteiger partial charge in [0.25, 0.3) is 0 Å². The van der Waals surface area contributed by atoms with Gasteiger partial charge in [-0.25, -0.2) is 9.78 Å². The van der Waals surface area contributed by atoms with Crippen LogP contribution in [-0.2, 0) is 0 Å². The summed E-state index contributed by atoms with van der Waals surface area (Å²) >= 11 is 0. The van der Waals surface area contributed by atoms with Gasteiger partial charge in [-0.1, -0.05) is 0 Å². The van der Waals surface area contributed by atoms with Crippen molar-refractivity contribution in [3.63, 3.8) is 0 Å². The van der Waals surface area contributed by atoms with Gasteiger partial charge in [-0.05, 0) is 0 Å². The molecule has 66 valence electrons. The molecule has 0 radical (unpaired) electrons. The Morgan fingerprint density at radius 1 is 1.62 bits per heavy atom. The molecule has 2 rings (SSSR count). The molecule has 0 spiro atoms. The molecule has 6 nitrogen and oxygen atoms in total. The molecular formula is C7H6N4O2. The summed E-state index contributed by atoms with van der Waals surface area (Å²) in [4.78, 5) is 20.9. The number of anilines is 1. The van der Waals surface area contributed by atoms with E-state index >= 15 is 0 Å². The summed E-state index contributed by atoms with van der Waals surface area (Å²) in [5.74, 6) is -0.897. The van der Waals surface area contributed by atoms with Gasteiger partial charge in [0.15, 0.2) is 0 Å². The Morgan fingerprint density at radius 3 is 3.08 bits per heavy atom. The molecule has 0 aliphatic heterocycles. The normalized spacial score (nSPS) is 10.5. The van der Waals surface area contributed by atoms with Crippen molar-refractivity contribution >= 4 is 23.0 Å². The second-order valence-corrected chi connectivity index (χ2v) is 2.50. The van der Waals surface area contributed by atoms with E-state index in [1.54, 1.807) is 0 Å². The molecule has 0 amide bonds. The van der Waals surface area contributed by atoms with Crippen molar-refractivity contribution in [1.82, 2.24) is 15.0 Å². The third-order valence-electron chi connectivity index (χ3n) is 1.68. The zero-order chi connectivity index (χ0) is 9.42. The first-order valence-corrected chi connectivity index (χ1v) is 3.51. The number of hydrogen-bond acceptors (Lipinski definition) is 4. The van der Waals surface area contributed by atoms with Crippen LogP contribution in [0.5, 0.6) is 0 Å². The summed E-state index contributed by atoms with van der Waals surface area (Å²) in [6.45, 7) is 0. The summed E-state index contributed by atoms with van der Waals surface area (Å²) in [7, 11) is 0. The molecule has 4 N–H and O–H groups in total. The van der Waals surface area contributed by atoms with E-state index in [0.29, 0.717) is 11.0 Å². The lowest BCUT2D eigenvalue weighted by Gasteiger charge is -1.91. The van der Waals surface area contributed by atoms with Crippen LogP contribution in [0.25, 0.3) is 11.0 Å². The molecule has 13 heavy (non-hydrogen) atoms. The second-order valence-electron chi connectivity index (χ2n) is 2.50. The zero-order valence-electron chi connectivity index (χ0n) is 6.48. The van der Waals surface area contributed by atoms with Crippen LogP contribution in [0.1, 0.15) is 10.4 Å². The predicted molar refractivity (Wildman–Crippen MR) is 45.3 cm³/mol. The van der Waals surface area contributed by atoms with Gasteiger partial charge < -0.3 is 15.8 Å². The van der Waals surface area contributed by atoms with Gasteiger partial charge in [-0.15, -0.1) is 0 Å². The van der Waals surface area contributed by atoms with Crippen LogP contribution in [0, 0.1) is 0 Å². The van der Waals surface area contributed by atoms with Crippen LogP contribution < -0.4 is 5.73 Å². The molecular weight excluding hydrogens is 172 g/mol. The van der Waals surface area contributed by atoms with Crippen molar-refractivity contribution in [2.45, 2.75) is 0 Å². The number of aromatic carboxylic acids is 1. The van der Waals surface area contributed by atoms with Crippen LogP contribution >= 0.6 is 0 Å². The molecule has 2 aromatic heterocycles. The summed E-state index contributed by atoms with van der Waals surface area (Å²) in [6, 6.07) is 0. The van der Waals surface area contributed by atoms with Gasteiger partial charge in [-0.2, -0.15) is 4.98 Å². The first-order valence-electron chi connectivity index (χ1n) is 3.51. The Hall–Kier alpha value is -2.11. The van der Waals surface area contributed by atoms with Gasteiger partial charge in [0.1, 0.15) is 5.65 Å². The maximum atomic E-state index is 10.7. The average Bonchev–Trinajstić information content (AvgIpc) is 2.46. The molecule has 0 aromatic carbocycles. The first-order chi connectivity index (χ1) is 6.18. The van der Waals surface area contributed by atoms with Crippen molar-refractivity contribution in [3.05, 3.63) is 18.0 Å². The number of nitrogens with zero attached hydrogens (tertiary/aromatic N) is 2.